The Morgan fingerprint density at radius 2 is 1.79 bits per heavy atom. The van der Waals surface area contributed by atoms with E-state index in [9.17, 15) is 24.6 Å². The van der Waals surface area contributed by atoms with Crippen LogP contribution < -0.4 is 32.9 Å². The van der Waals surface area contributed by atoms with E-state index in [4.69, 9.17) is 10.5 Å². The molecule has 0 bridgehead atoms. The zero-order valence-corrected chi connectivity index (χ0v) is 19.1. The van der Waals surface area contributed by atoms with Crippen LogP contribution in [0, 0.1) is 0 Å². The number of unbranched alkanes of at least 4 members (excludes halogenated alkanes) is 1. The molecule has 2 heterocycles. The zero-order chi connectivity index (χ0) is 24.1. The summed E-state index contributed by atoms with van der Waals surface area (Å²) in [5.74, 6) is -0.324. The minimum Gasteiger partial charge on any atom is -0.394 e. The van der Waals surface area contributed by atoms with Gasteiger partial charge in [-0.25, -0.2) is 4.79 Å². The van der Waals surface area contributed by atoms with Crippen LogP contribution in [-0.2, 0) is 16.0 Å². The average molecular weight is 471 g/mol. The number of H-pyrrole nitrogens is 1. The van der Waals surface area contributed by atoms with Crippen molar-refractivity contribution in [3.63, 3.8) is 0 Å². The fourth-order valence-electron chi connectivity index (χ4n) is 3.57. The Bertz CT molecular complexity index is 828. The number of aromatic nitrogens is 2. The van der Waals surface area contributed by atoms with Crippen molar-refractivity contribution >= 4 is 5.91 Å². The van der Waals surface area contributed by atoms with E-state index in [1.165, 1.54) is 6.20 Å². The molecule has 1 aliphatic heterocycles. The van der Waals surface area contributed by atoms with Crippen LogP contribution in [0.1, 0.15) is 43.9 Å². The number of nitrogens with one attached hydrogen (secondary N) is 4. The molecule has 3 atom stereocenters. The van der Waals surface area contributed by atoms with Crippen LogP contribution in [0.4, 0.5) is 0 Å². The predicted molar refractivity (Wildman–Crippen MR) is 123 cm³/mol. The van der Waals surface area contributed by atoms with E-state index in [0.29, 0.717) is 13.1 Å². The summed E-state index contributed by atoms with van der Waals surface area (Å²) in [5.41, 5.74) is 4.23. The summed E-state index contributed by atoms with van der Waals surface area (Å²) in [5, 5.41) is 28.5. The molecule has 0 saturated carbocycles. The van der Waals surface area contributed by atoms with Crippen molar-refractivity contribution in [1.29, 1.82) is 0 Å². The zero-order valence-electron chi connectivity index (χ0n) is 19.1. The number of aliphatic hydroxyl groups is 2. The molecule has 0 unspecified atom stereocenters. The van der Waals surface area contributed by atoms with E-state index in [-0.39, 0.29) is 30.9 Å². The Hall–Kier alpha value is -2.09. The maximum absolute atomic E-state index is 12.2. The van der Waals surface area contributed by atoms with E-state index in [0.717, 1.165) is 56.4 Å². The highest BCUT2D eigenvalue weighted by atomic mass is 16.5. The highest BCUT2D eigenvalue weighted by Gasteiger charge is 2.35. The Balaban J connectivity index is 1.67. The van der Waals surface area contributed by atoms with Crippen molar-refractivity contribution in [3.8, 4) is 0 Å². The number of carbonyl (C=O) groups excluding carboxylic acids is 1. The van der Waals surface area contributed by atoms with Crippen LogP contribution in [0.25, 0.3) is 0 Å². The summed E-state index contributed by atoms with van der Waals surface area (Å²) < 4.78 is 6.60. The molecule has 0 radical (unpaired) electrons. The molecule has 0 spiro atoms. The minimum absolute atomic E-state index is 0.0978. The number of aromatic amines is 1. The van der Waals surface area contributed by atoms with Gasteiger partial charge in [0.25, 0.3) is 5.56 Å². The molecule has 1 fully saturated rings. The van der Waals surface area contributed by atoms with E-state index < -0.39 is 29.7 Å². The van der Waals surface area contributed by atoms with Gasteiger partial charge in [-0.1, -0.05) is 0 Å². The summed E-state index contributed by atoms with van der Waals surface area (Å²) in [6.45, 7) is 4.43. The van der Waals surface area contributed by atoms with Crippen LogP contribution in [0.15, 0.2) is 15.8 Å². The van der Waals surface area contributed by atoms with Gasteiger partial charge >= 0.3 is 5.69 Å². The third-order valence-electron chi connectivity index (χ3n) is 5.45. The number of rotatable bonds is 16. The molecule has 1 aromatic rings. The second-order valence-electron chi connectivity index (χ2n) is 8.17. The van der Waals surface area contributed by atoms with Crippen LogP contribution >= 0.6 is 0 Å². The van der Waals surface area contributed by atoms with Crippen molar-refractivity contribution in [2.75, 3.05) is 45.9 Å². The van der Waals surface area contributed by atoms with Crippen molar-refractivity contribution in [2.45, 2.75) is 57.0 Å². The second-order valence-corrected chi connectivity index (χ2v) is 8.17. The molecular formula is C21H38N6O6. The first kappa shape index (κ1) is 27.2. The SMILES string of the molecule is NCCCNCCCCNCCCNC(=O)Cc1cn([C@H]2C[C@H](O)[C@@H](CO)O2)c(=O)[nH]c1=O. The molecule has 33 heavy (non-hydrogen) atoms. The van der Waals surface area contributed by atoms with Crippen molar-refractivity contribution in [1.82, 2.24) is 25.5 Å². The molecule has 12 heteroatoms. The van der Waals surface area contributed by atoms with Gasteiger partial charge in [-0.05, 0) is 58.4 Å². The fraction of sp³-hybridized carbons (Fsp3) is 0.762. The van der Waals surface area contributed by atoms with Gasteiger partial charge in [-0.15, -0.1) is 0 Å². The van der Waals surface area contributed by atoms with Gasteiger partial charge in [-0.2, -0.15) is 0 Å². The van der Waals surface area contributed by atoms with E-state index in [1.807, 2.05) is 0 Å². The van der Waals surface area contributed by atoms with Gasteiger partial charge in [0.15, 0.2) is 0 Å². The van der Waals surface area contributed by atoms with Crippen LogP contribution in [0.3, 0.4) is 0 Å². The lowest BCUT2D eigenvalue weighted by atomic mass is 10.2. The predicted octanol–water partition coefficient (Wildman–Crippen LogP) is -2.47. The minimum atomic E-state index is -0.919. The van der Waals surface area contributed by atoms with Crippen LogP contribution in [0.5, 0.6) is 0 Å². The van der Waals surface area contributed by atoms with Crippen LogP contribution in [-0.4, -0.2) is 83.8 Å². The Morgan fingerprint density at radius 1 is 1.12 bits per heavy atom. The standard InChI is InChI=1S/C21H38N6O6/c22-5-3-8-23-6-1-2-7-24-9-4-10-25-18(30)11-15-13-27(21(32)26-20(15)31)19-12-16(29)17(14-28)33-19/h13,16-17,19,23-24,28-29H,1-12,14,22H2,(H,25,30)(H,26,31,32)/t16-,17+,19+/m0/s1. The number of hydrogen-bond acceptors (Lipinski definition) is 9. The number of hydrogen-bond donors (Lipinski definition) is 7. The van der Waals surface area contributed by atoms with Crippen molar-refractivity contribution in [2.24, 2.45) is 5.73 Å². The fourth-order valence-corrected chi connectivity index (χ4v) is 3.57. The number of nitrogens with two attached hydrogens (primary N) is 1. The maximum atomic E-state index is 12.2. The molecule has 12 nitrogen and oxygen atoms in total. The molecule has 1 aromatic heterocycles. The Labute approximate surface area is 192 Å². The molecule has 8 N–H and O–H groups in total. The van der Waals surface area contributed by atoms with Crippen molar-refractivity contribution in [3.05, 3.63) is 32.6 Å². The first-order chi connectivity index (χ1) is 16.0. The number of nitrogens with zero attached hydrogens (tertiary/aromatic N) is 1. The largest absolute Gasteiger partial charge is 0.394 e. The molecule has 2 rings (SSSR count). The van der Waals surface area contributed by atoms with Gasteiger partial charge in [0.2, 0.25) is 5.91 Å². The third kappa shape index (κ3) is 9.35. The molecule has 0 aliphatic carbocycles. The summed E-state index contributed by atoms with van der Waals surface area (Å²) in [7, 11) is 0. The smallest absolute Gasteiger partial charge is 0.330 e. The van der Waals surface area contributed by atoms with E-state index >= 15 is 0 Å². The number of aliphatic hydroxyl groups excluding tert-OH is 2. The molecule has 0 aromatic carbocycles. The number of carbonyl (C=O) groups is 1. The second kappa shape index (κ2) is 14.9. The van der Waals surface area contributed by atoms with E-state index in [2.05, 4.69) is 20.9 Å². The third-order valence-corrected chi connectivity index (χ3v) is 5.45. The molecule has 1 aliphatic rings. The number of ether oxygens (including phenoxy) is 1. The number of amides is 1. The van der Waals surface area contributed by atoms with Gasteiger partial charge in [-0.3, -0.25) is 19.1 Å². The molecule has 188 valence electrons. The molecule has 1 saturated heterocycles. The van der Waals surface area contributed by atoms with Gasteiger partial charge in [0.05, 0.1) is 19.1 Å². The monoisotopic (exact) mass is 470 g/mol. The summed E-state index contributed by atoms with van der Waals surface area (Å²) in [4.78, 5) is 38.6. The van der Waals surface area contributed by atoms with E-state index in [1.54, 1.807) is 0 Å². The summed E-state index contributed by atoms with van der Waals surface area (Å²) >= 11 is 0. The quantitative estimate of drug-likeness (QED) is 0.129. The first-order valence-electron chi connectivity index (χ1n) is 11.6. The maximum Gasteiger partial charge on any atom is 0.330 e. The lowest BCUT2D eigenvalue weighted by Crippen LogP contribution is -2.36. The van der Waals surface area contributed by atoms with Gasteiger partial charge < -0.3 is 36.6 Å². The molecular weight excluding hydrogens is 432 g/mol. The van der Waals surface area contributed by atoms with Crippen molar-refractivity contribution < 1.29 is 19.7 Å². The normalized spacial score (nSPS) is 20.3. The highest BCUT2D eigenvalue weighted by Crippen LogP contribution is 2.27. The van der Waals surface area contributed by atoms with Crippen LogP contribution in [0.2, 0.25) is 0 Å². The molecule has 1 amide bonds. The van der Waals surface area contributed by atoms with Gasteiger partial charge in [0, 0.05) is 24.7 Å². The average Bonchev–Trinajstić information content (AvgIpc) is 3.16. The summed E-state index contributed by atoms with van der Waals surface area (Å²) in [6.07, 6.45) is 2.57. The summed E-state index contributed by atoms with van der Waals surface area (Å²) in [6, 6.07) is 0. The Kier molecular flexibility index (Phi) is 12.3. The topological polar surface area (TPSA) is 184 Å². The lowest BCUT2D eigenvalue weighted by Gasteiger charge is -2.15. The lowest BCUT2D eigenvalue weighted by molar-refractivity contribution is -0.120. The Morgan fingerprint density at radius 3 is 2.42 bits per heavy atom. The van der Waals surface area contributed by atoms with Gasteiger partial charge in [0.1, 0.15) is 12.3 Å². The first-order valence-corrected chi connectivity index (χ1v) is 11.6. The highest BCUT2D eigenvalue weighted by molar-refractivity contribution is 5.78.